The van der Waals surface area contributed by atoms with Crippen LogP contribution >= 0.6 is 0 Å². The zero-order chi connectivity index (χ0) is 17.4. The minimum absolute atomic E-state index is 0.0727. The lowest BCUT2D eigenvalue weighted by molar-refractivity contribution is -0.116. The molecule has 1 amide bonds. The summed E-state index contributed by atoms with van der Waals surface area (Å²) in [5.41, 5.74) is 3.50. The Kier molecular flexibility index (Phi) is 6.62. The lowest BCUT2D eigenvalue weighted by atomic mass is 10.0. The first-order chi connectivity index (χ1) is 11.6. The zero-order valence-electron chi connectivity index (χ0n) is 14.6. The van der Waals surface area contributed by atoms with Crippen LogP contribution in [0.25, 0.3) is 6.08 Å². The van der Waals surface area contributed by atoms with Gasteiger partial charge in [-0.25, -0.2) is 0 Å². The molecule has 0 fully saturated rings. The number of ether oxygens (including phenoxy) is 1. The van der Waals surface area contributed by atoms with Crippen LogP contribution in [-0.2, 0) is 11.2 Å². The standard InChI is InChI=1S/C21H25NO2/c1-16(2)19-9-4-17(5-10-19)8-13-21(23)22-15-14-18-6-11-20(24-3)12-7-18/h4-13,16H,14-15H2,1-3H3,(H,22,23)/b13-8+. The van der Waals surface area contributed by atoms with Gasteiger partial charge in [-0.15, -0.1) is 0 Å². The number of amides is 1. The molecule has 0 unspecified atom stereocenters. The molecule has 24 heavy (non-hydrogen) atoms. The first-order valence-corrected chi connectivity index (χ1v) is 8.27. The summed E-state index contributed by atoms with van der Waals surface area (Å²) in [7, 11) is 1.65. The number of rotatable bonds is 7. The number of hydrogen-bond donors (Lipinski definition) is 1. The fourth-order valence-corrected chi connectivity index (χ4v) is 2.35. The van der Waals surface area contributed by atoms with E-state index in [1.807, 2.05) is 42.5 Å². The van der Waals surface area contributed by atoms with Gasteiger partial charge in [0.1, 0.15) is 5.75 Å². The average molecular weight is 323 g/mol. The largest absolute Gasteiger partial charge is 0.497 e. The van der Waals surface area contributed by atoms with Gasteiger partial charge in [0.15, 0.2) is 0 Å². The van der Waals surface area contributed by atoms with Gasteiger partial charge in [0.25, 0.3) is 0 Å². The molecule has 126 valence electrons. The predicted octanol–water partition coefficient (Wildman–Crippen LogP) is 4.19. The van der Waals surface area contributed by atoms with Crippen LogP contribution < -0.4 is 10.1 Å². The molecule has 0 aromatic heterocycles. The molecule has 0 radical (unpaired) electrons. The molecule has 1 N–H and O–H groups in total. The molecule has 3 nitrogen and oxygen atoms in total. The van der Waals surface area contributed by atoms with E-state index in [0.29, 0.717) is 12.5 Å². The van der Waals surface area contributed by atoms with Crippen molar-refractivity contribution in [1.29, 1.82) is 0 Å². The van der Waals surface area contributed by atoms with Gasteiger partial charge in [0, 0.05) is 12.6 Å². The fraction of sp³-hybridized carbons (Fsp3) is 0.286. The van der Waals surface area contributed by atoms with Crippen molar-refractivity contribution < 1.29 is 9.53 Å². The Bertz CT molecular complexity index is 670. The molecule has 0 bridgehead atoms. The molecule has 0 atom stereocenters. The molecule has 0 aliphatic heterocycles. The van der Waals surface area contributed by atoms with E-state index in [1.54, 1.807) is 13.2 Å². The quantitative estimate of drug-likeness (QED) is 0.776. The number of nitrogens with one attached hydrogen (secondary N) is 1. The number of methoxy groups -OCH3 is 1. The van der Waals surface area contributed by atoms with E-state index in [-0.39, 0.29) is 5.91 Å². The van der Waals surface area contributed by atoms with Crippen LogP contribution in [0.15, 0.2) is 54.6 Å². The third-order valence-electron chi connectivity index (χ3n) is 3.90. The van der Waals surface area contributed by atoms with Crippen molar-refractivity contribution in [2.75, 3.05) is 13.7 Å². The second kappa shape index (κ2) is 8.92. The number of hydrogen-bond acceptors (Lipinski definition) is 2. The van der Waals surface area contributed by atoms with Crippen molar-refractivity contribution >= 4 is 12.0 Å². The summed E-state index contributed by atoms with van der Waals surface area (Å²) in [4.78, 5) is 11.9. The smallest absolute Gasteiger partial charge is 0.244 e. The third kappa shape index (κ3) is 5.58. The van der Waals surface area contributed by atoms with Gasteiger partial charge < -0.3 is 10.1 Å². The van der Waals surface area contributed by atoms with E-state index in [4.69, 9.17) is 4.74 Å². The van der Waals surface area contributed by atoms with Crippen LogP contribution in [0.1, 0.15) is 36.5 Å². The van der Waals surface area contributed by atoms with Gasteiger partial charge in [-0.3, -0.25) is 4.79 Å². The SMILES string of the molecule is COc1ccc(CCNC(=O)/C=C/c2ccc(C(C)C)cc2)cc1. The molecule has 0 saturated heterocycles. The molecule has 2 rings (SSSR count). The minimum atomic E-state index is -0.0727. The number of benzene rings is 2. The summed E-state index contributed by atoms with van der Waals surface area (Å²) >= 11 is 0. The van der Waals surface area contributed by atoms with Gasteiger partial charge in [-0.05, 0) is 47.2 Å². The first kappa shape index (κ1) is 17.8. The van der Waals surface area contributed by atoms with Crippen LogP contribution in [-0.4, -0.2) is 19.6 Å². The molecule has 0 heterocycles. The van der Waals surface area contributed by atoms with Gasteiger partial charge in [-0.2, -0.15) is 0 Å². The molecule has 2 aromatic carbocycles. The van der Waals surface area contributed by atoms with Crippen molar-refractivity contribution in [3.63, 3.8) is 0 Å². The van der Waals surface area contributed by atoms with Crippen LogP contribution in [0.2, 0.25) is 0 Å². The van der Waals surface area contributed by atoms with Gasteiger partial charge >= 0.3 is 0 Å². The van der Waals surface area contributed by atoms with E-state index in [1.165, 1.54) is 11.1 Å². The van der Waals surface area contributed by atoms with E-state index in [9.17, 15) is 4.79 Å². The third-order valence-corrected chi connectivity index (χ3v) is 3.90. The predicted molar refractivity (Wildman–Crippen MR) is 99.3 cm³/mol. The Morgan fingerprint density at radius 2 is 1.75 bits per heavy atom. The number of carbonyl (C=O) groups excluding carboxylic acids is 1. The highest BCUT2D eigenvalue weighted by molar-refractivity contribution is 5.91. The normalized spacial score (nSPS) is 11.0. The lowest BCUT2D eigenvalue weighted by Gasteiger charge is -2.05. The van der Waals surface area contributed by atoms with Gasteiger partial charge in [0.05, 0.1) is 7.11 Å². The Balaban J connectivity index is 1.77. The molecule has 2 aromatic rings. The maximum Gasteiger partial charge on any atom is 0.244 e. The Hall–Kier alpha value is -2.55. The summed E-state index contributed by atoms with van der Waals surface area (Å²) in [6, 6.07) is 16.2. The highest BCUT2D eigenvalue weighted by atomic mass is 16.5. The Morgan fingerprint density at radius 3 is 2.33 bits per heavy atom. The van der Waals surface area contributed by atoms with E-state index in [0.717, 1.165) is 17.7 Å². The molecular formula is C21H25NO2. The van der Waals surface area contributed by atoms with E-state index < -0.39 is 0 Å². The van der Waals surface area contributed by atoms with E-state index in [2.05, 4.69) is 31.3 Å². The lowest BCUT2D eigenvalue weighted by Crippen LogP contribution is -2.23. The van der Waals surface area contributed by atoms with Crippen molar-refractivity contribution in [3.8, 4) is 5.75 Å². The first-order valence-electron chi connectivity index (χ1n) is 8.27. The second-order valence-corrected chi connectivity index (χ2v) is 6.04. The minimum Gasteiger partial charge on any atom is -0.497 e. The van der Waals surface area contributed by atoms with Crippen molar-refractivity contribution in [3.05, 3.63) is 71.3 Å². The highest BCUT2D eigenvalue weighted by Crippen LogP contribution is 2.15. The molecule has 0 spiro atoms. The second-order valence-electron chi connectivity index (χ2n) is 6.04. The molecule has 3 heteroatoms. The summed E-state index contributed by atoms with van der Waals surface area (Å²) < 4.78 is 5.13. The van der Waals surface area contributed by atoms with Crippen molar-refractivity contribution in [2.45, 2.75) is 26.2 Å². The number of carbonyl (C=O) groups is 1. The summed E-state index contributed by atoms with van der Waals surface area (Å²) in [5.74, 6) is 1.29. The maximum atomic E-state index is 11.9. The Morgan fingerprint density at radius 1 is 1.08 bits per heavy atom. The van der Waals surface area contributed by atoms with E-state index >= 15 is 0 Å². The molecule has 0 aliphatic rings. The monoisotopic (exact) mass is 323 g/mol. The van der Waals surface area contributed by atoms with Gasteiger partial charge in [0.2, 0.25) is 5.91 Å². The summed E-state index contributed by atoms with van der Waals surface area (Å²) in [5, 5.41) is 2.90. The average Bonchev–Trinajstić information content (AvgIpc) is 2.61. The van der Waals surface area contributed by atoms with Crippen LogP contribution in [0.5, 0.6) is 5.75 Å². The summed E-state index contributed by atoms with van der Waals surface area (Å²) in [6.07, 6.45) is 4.22. The van der Waals surface area contributed by atoms with Crippen molar-refractivity contribution in [2.24, 2.45) is 0 Å². The fourth-order valence-electron chi connectivity index (χ4n) is 2.35. The van der Waals surface area contributed by atoms with Gasteiger partial charge in [-0.1, -0.05) is 50.2 Å². The molecule has 0 saturated carbocycles. The van der Waals surface area contributed by atoms with Crippen LogP contribution in [0, 0.1) is 0 Å². The van der Waals surface area contributed by atoms with Crippen LogP contribution in [0.3, 0.4) is 0 Å². The van der Waals surface area contributed by atoms with Crippen molar-refractivity contribution in [1.82, 2.24) is 5.32 Å². The molecular weight excluding hydrogens is 298 g/mol. The highest BCUT2D eigenvalue weighted by Gasteiger charge is 1.99. The maximum absolute atomic E-state index is 11.9. The molecule has 0 aliphatic carbocycles. The summed E-state index contributed by atoms with van der Waals surface area (Å²) in [6.45, 7) is 4.95. The van der Waals surface area contributed by atoms with Crippen LogP contribution in [0.4, 0.5) is 0 Å². The Labute approximate surface area is 144 Å². The topological polar surface area (TPSA) is 38.3 Å². The zero-order valence-corrected chi connectivity index (χ0v) is 14.6.